The molecule has 2 amide bonds. The van der Waals surface area contributed by atoms with Crippen molar-refractivity contribution in [1.82, 2.24) is 46.1 Å². The average molecular weight is 1400 g/mol. The Morgan fingerprint density at radius 1 is 0.847 bits per heavy atom. The van der Waals surface area contributed by atoms with E-state index in [0.717, 1.165) is 10.8 Å². The quantitative estimate of drug-likeness (QED) is 0.00718. The number of aromatic nitrogens is 4. The molecule has 0 radical (unpaired) electrons. The molecule has 7 rings (SSSR count). The number of carbonyl (C=O) groups is 12. The van der Waals surface area contributed by atoms with Crippen LogP contribution < -0.4 is 49.3 Å². The van der Waals surface area contributed by atoms with Gasteiger partial charge in [-0.3, -0.25) is 72.8 Å². The van der Waals surface area contributed by atoms with Crippen LogP contribution in [0.15, 0.2) is 62.7 Å². The van der Waals surface area contributed by atoms with Crippen molar-refractivity contribution in [2.45, 2.75) is 154 Å². The number of esters is 1. The van der Waals surface area contributed by atoms with Gasteiger partial charge in [-0.2, -0.15) is 4.98 Å². The highest BCUT2D eigenvalue weighted by Crippen LogP contribution is 2.56. The number of nitrogens with one attached hydrogen (secondary N) is 6. The van der Waals surface area contributed by atoms with Gasteiger partial charge in [0, 0.05) is 97.8 Å². The van der Waals surface area contributed by atoms with Crippen LogP contribution in [0.5, 0.6) is 0 Å². The zero-order valence-corrected chi connectivity index (χ0v) is 56.6. The number of guanidine groups is 1. The Morgan fingerprint density at radius 2 is 1.51 bits per heavy atom. The lowest BCUT2D eigenvalue weighted by molar-refractivity contribution is -0.156. The number of benzene rings is 1. The summed E-state index contributed by atoms with van der Waals surface area (Å²) >= 11 is 0. The standard InChI is InChI=1S/C63H82N14O19S2/c1-29-36(51(87)47-37(27-96-30(2)78)63(95-7)52-41(71-52)26-77(63)49(47)50(29)86)23-61(3,4)16-18-97-98-28-33(57(91)92)20-42(79)39(21-45(82)83)73-55(89)32(9-8-17-67-59(64)65)19-43(80)40(22-46(84)85)76-62(5,6)44(81)15-14-38(58(93)94)72-54(88)31-10-12-34(13-11-31)68-24-35-25-69-53-48(70-35)56(90)75-60(66)74-53/h10-13,25,32-33,37-41,52,68,71,76H,8-9,14-24,26-28H2,1-7H3,(H,72,88)(H,73,89)(H,82,83)(H,84,85)(H,91,92)(H,93,94)(H4,64,65,67)(H3,66,69,74,75,90)/t32-,33+,37-,38+,39+,40+,41+,52+,63-/m1/s1. The predicted octanol–water partition coefficient (Wildman–Crippen LogP) is 1.00. The third-order valence-electron chi connectivity index (χ3n) is 17.6. The number of anilines is 2. The molecule has 33 nitrogen and oxygen atoms in total. The number of fused-ring (bicyclic) bond motifs is 5. The summed E-state index contributed by atoms with van der Waals surface area (Å²) in [7, 11) is 3.92. The van der Waals surface area contributed by atoms with Crippen molar-refractivity contribution >= 4 is 121 Å². The molecule has 0 bridgehead atoms. The first-order valence-corrected chi connectivity index (χ1v) is 33.8. The van der Waals surface area contributed by atoms with Gasteiger partial charge in [-0.15, -0.1) is 0 Å². The first-order valence-electron chi connectivity index (χ1n) is 31.3. The fourth-order valence-electron chi connectivity index (χ4n) is 12.2. The average Bonchev–Trinajstić information content (AvgIpc) is 1.50. The van der Waals surface area contributed by atoms with Gasteiger partial charge in [0.1, 0.15) is 12.6 Å². The van der Waals surface area contributed by atoms with E-state index in [0.29, 0.717) is 41.2 Å². The second kappa shape index (κ2) is 32.4. The predicted molar refractivity (Wildman–Crippen MR) is 355 cm³/mol. The van der Waals surface area contributed by atoms with E-state index >= 15 is 0 Å². The molecule has 98 heavy (non-hydrogen) atoms. The number of amides is 2. The van der Waals surface area contributed by atoms with Crippen LogP contribution >= 0.6 is 21.6 Å². The number of nitrogen functional groups attached to an aromatic ring is 1. The molecule has 35 heteroatoms. The van der Waals surface area contributed by atoms with Gasteiger partial charge >= 0.3 is 29.8 Å². The molecule has 5 heterocycles. The summed E-state index contributed by atoms with van der Waals surface area (Å²) in [6.07, 6.45) is -2.44. The number of carboxylic acids is 4. The van der Waals surface area contributed by atoms with Crippen molar-refractivity contribution in [2.75, 3.05) is 49.4 Å². The smallest absolute Gasteiger partial charge is 0.326 e. The largest absolute Gasteiger partial charge is 0.481 e. The van der Waals surface area contributed by atoms with E-state index in [9.17, 15) is 82.8 Å². The molecule has 1 aliphatic carbocycles. The summed E-state index contributed by atoms with van der Waals surface area (Å²) in [6.45, 7) is 9.63. The van der Waals surface area contributed by atoms with Crippen LogP contribution in [0, 0.1) is 23.2 Å². The molecule has 3 aliphatic heterocycles. The Labute approximate surface area is 569 Å². The van der Waals surface area contributed by atoms with Gasteiger partial charge in [-0.05, 0) is 82.6 Å². The fraction of sp³-hybridized carbons (Fsp3) is 0.540. The number of ketones is 5. The molecule has 0 saturated carbocycles. The monoisotopic (exact) mass is 1400 g/mol. The third kappa shape index (κ3) is 18.9. The van der Waals surface area contributed by atoms with Crippen molar-refractivity contribution in [2.24, 2.45) is 39.6 Å². The molecule has 0 unspecified atom stereocenters. The van der Waals surface area contributed by atoms with Crippen LogP contribution in [-0.2, 0) is 68.8 Å². The molecular formula is C63H82N14O19S2. The van der Waals surface area contributed by atoms with E-state index in [1.54, 1.807) is 6.92 Å². The number of piperazine rings is 1. The number of nitrogens with zero attached hydrogens (tertiary/aromatic N) is 5. The van der Waals surface area contributed by atoms with E-state index in [2.05, 4.69) is 51.5 Å². The lowest BCUT2D eigenvalue weighted by Crippen LogP contribution is -2.55. The Morgan fingerprint density at radius 3 is 2.14 bits per heavy atom. The minimum atomic E-state index is -1.80. The maximum Gasteiger partial charge on any atom is 0.326 e. The van der Waals surface area contributed by atoms with Crippen LogP contribution in [0.4, 0.5) is 11.6 Å². The van der Waals surface area contributed by atoms with Crippen molar-refractivity contribution < 1.29 is 87.4 Å². The zero-order valence-electron chi connectivity index (χ0n) is 55.0. The zero-order chi connectivity index (χ0) is 72.3. The van der Waals surface area contributed by atoms with Crippen molar-refractivity contribution in [3.63, 3.8) is 0 Å². The molecule has 1 aromatic carbocycles. The van der Waals surface area contributed by atoms with E-state index in [1.165, 1.54) is 69.1 Å². The van der Waals surface area contributed by atoms with Gasteiger partial charge < -0.3 is 73.3 Å². The molecule has 9 atom stereocenters. The topological polar surface area (TPSA) is 539 Å². The van der Waals surface area contributed by atoms with E-state index in [-0.39, 0.29) is 108 Å². The Bertz CT molecular complexity index is 3820. The number of nitrogens with two attached hydrogens (primary N) is 3. The normalized spacial score (nSPS) is 19.5. The Hall–Kier alpha value is -9.19. The first-order chi connectivity index (χ1) is 46.1. The molecule has 0 spiro atoms. The SMILES string of the molecule is CO[C@@]12[C@H](COC(C)=O)C3=C(C(=O)C(C)=C(CC(C)(C)CCSSC[C@H](CC(=O)[C@H](CC(=O)O)NC(=O)[C@H](CCCN=C(N)N)CC(=O)[C@H](CC(=O)O)NC(C)(C)C(=O)CC[C@H](NC(=O)c4ccc(NCc5cnc6nc(N)[nH]c(=O)c6n5)cc4)C(=O)O)C(=O)O)C3=O)N1C[C@@H]1N[C@@H]12. The summed E-state index contributed by atoms with van der Waals surface area (Å²) in [5, 5.41) is 54.1. The van der Waals surface area contributed by atoms with Crippen LogP contribution in [0.1, 0.15) is 122 Å². The number of aliphatic imine (C=N–C) groups is 1. The van der Waals surface area contributed by atoms with Gasteiger partial charge in [0.2, 0.25) is 17.6 Å². The van der Waals surface area contributed by atoms with E-state index in [1.807, 2.05) is 18.7 Å². The Balaban J connectivity index is 0.924. The van der Waals surface area contributed by atoms with Crippen molar-refractivity contribution in [3.8, 4) is 0 Å². The number of aliphatic carboxylic acids is 4. The van der Waals surface area contributed by atoms with Crippen LogP contribution in [-0.4, -0.2) is 202 Å². The third-order valence-corrected chi connectivity index (χ3v) is 20.0. The highest BCUT2D eigenvalue weighted by atomic mass is 33.1. The van der Waals surface area contributed by atoms with Crippen LogP contribution in [0.2, 0.25) is 0 Å². The maximum absolute atomic E-state index is 14.5. The lowest BCUT2D eigenvalue weighted by Gasteiger charge is -2.39. The molecular weight excluding hydrogens is 1320 g/mol. The van der Waals surface area contributed by atoms with Gasteiger partial charge in [0.25, 0.3) is 11.5 Å². The molecule has 2 saturated heterocycles. The molecule has 4 aliphatic rings. The second-order valence-electron chi connectivity index (χ2n) is 25.7. The molecule has 2 aromatic heterocycles. The number of carboxylic acid groups (broad SMARTS) is 4. The van der Waals surface area contributed by atoms with Crippen LogP contribution in [0.25, 0.3) is 11.2 Å². The molecule has 3 aromatic rings. The molecule has 530 valence electrons. The summed E-state index contributed by atoms with van der Waals surface area (Å²) in [6, 6.07) is 0.625. The molecule has 2 fully saturated rings. The minimum absolute atomic E-state index is 0.0257. The Kier molecular flexibility index (Phi) is 25.2. The number of H-pyrrole nitrogens is 1. The number of Topliss-reactive ketones (excluding diaryl/α,β-unsaturated/α-hetero) is 5. The number of rotatable bonds is 40. The number of hydrogen-bond acceptors (Lipinski definition) is 26. The molecule has 16 N–H and O–H groups in total. The maximum atomic E-state index is 14.5. The van der Waals surface area contributed by atoms with Gasteiger partial charge in [-0.1, -0.05) is 35.4 Å². The summed E-state index contributed by atoms with van der Waals surface area (Å²) in [5.41, 5.74) is 14.6. The van der Waals surface area contributed by atoms with Crippen molar-refractivity contribution in [3.05, 3.63) is 74.5 Å². The fourth-order valence-corrected chi connectivity index (χ4v) is 14.9. The van der Waals surface area contributed by atoms with Gasteiger partial charge in [0.15, 0.2) is 46.0 Å². The number of aromatic amines is 1. The second-order valence-corrected chi connectivity index (χ2v) is 28.4. The summed E-state index contributed by atoms with van der Waals surface area (Å²) < 4.78 is 11.6. The van der Waals surface area contributed by atoms with E-state index < -0.39 is 156 Å². The minimum Gasteiger partial charge on any atom is -0.481 e. The number of ether oxygens (including phenoxy) is 2. The highest BCUT2D eigenvalue weighted by Gasteiger charge is 2.72. The number of allylic oxidation sites excluding steroid dienone is 2. The highest BCUT2D eigenvalue weighted by molar-refractivity contribution is 8.76. The van der Waals surface area contributed by atoms with Crippen LogP contribution in [0.3, 0.4) is 0 Å². The number of hydrogen-bond donors (Lipinski definition) is 13. The number of methoxy groups -OCH3 is 1. The summed E-state index contributed by atoms with van der Waals surface area (Å²) in [5.74, 6) is -15.2. The first kappa shape index (κ1) is 76.2. The lowest BCUT2D eigenvalue weighted by atomic mass is 9.74. The van der Waals surface area contributed by atoms with Gasteiger partial charge in [0.05, 0.1) is 72.5 Å². The van der Waals surface area contributed by atoms with Gasteiger partial charge in [-0.25, -0.2) is 14.8 Å². The van der Waals surface area contributed by atoms with Crippen molar-refractivity contribution in [1.29, 1.82) is 0 Å². The summed E-state index contributed by atoms with van der Waals surface area (Å²) in [4.78, 5) is 192. The van der Waals surface area contributed by atoms with E-state index in [4.69, 9.17) is 26.7 Å². The number of carbonyl (C=O) groups excluding carboxylic acids is 8.